The van der Waals surface area contributed by atoms with Crippen LogP contribution in [0, 0.1) is 22.7 Å². The number of ether oxygens (including phenoxy) is 1. The molecule has 2 aromatic heterocycles. The molecule has 2 aliphatic rings. The fraction of sp³-hybridized carbons (Fsp3) is 0.333. The number of carbonyl (C=O) groups is 1. The molecule has 2 fully saturated rings. The summed E-state index contributed by atoms with van der Waals surface area (Å²) < 4.78 is 6.74. The number of hydrogen-bond donors (Lipinski definition) is 3. The third kappa shape index (κ3) is 3.74. The van der Waals surface area contributed by atoms with Crippen LogP contribution in [0.5, 0.6) is 0 Å². The average molecular weight is 479 g/mol. The smallest absolute Gasteiger partial charge is 0.407 e. The van der Waals surface area contributed by atoms with Crippen LogP contribution in [0.1, 0.15) is 24.6 Å². The molecule has 13 heteroatoms. The maximum absolute atomic E-state index is 11.6. The van der Waals surface area contributed by atoms with Gasteiger partial charge in [0.25, 0.3) is 0 Å². The van der Waals surface area contributed by atoms with Crippen molar-refractivity contribution >= 4 is 46.5 Å². The minimum absolute atomic E-state index is 0.0339. The molecule has 0 saturated carbocycles. The Morgan fingerprint density at radius 1 is 1.35 bits per heavy atom. The second kappa shape index (κ2) is 8.57. The van der Waals surface area contributed by atoms with Crippen molar-refractivity contribution in [3.8, 4) is 12.1 Å². The number of alkyl carbamates (subject to hydrolysis) is 1. The first-order valence-electron chi connectivity index (χ1n) is 10.6. The molecular weight excluding hydrogens is 460 g/mol. The van der Waals surface area contributed by atoms with Gasteiger partial charge < -0.3 is 25.6 Å². The number of halogens is 1. The molecule has 2 unspecified atom stereocenters. The van der Waals surface area contributed by atoms with E-state index in [4.69, 9.17) is 16.3 Å². The lowest BCUT2D eigenvalue weighted by atomic mass is 10.0. The van der Waals surface area contributed by atoms with Crippen LogP contribution >= 0.6 is 11.6 Å². The molecule has 12 nitrogen and oxygen atoms in total. The molecule has 0 bridgehead atoms. The first-order chi connectivity index (χ1) is 16.5. The second-order valence-corrected chi connectivity index (χ2v) is 8.21. The number of aromatic nitrogens is 4. The van der Waals surface area contributed by atoms with Crippen LogP contribution in [-0.4, -0.2) is 57.5 Å². The van der Waals surface area contributed by atoms with Gasteiger partial charge in [-0.3, -0.25) is 0 Å². The van der Waals surface area contributed by atoms with Crippen molar-refractivity contribution in [1.82, 2.24) is 24.9 Å². The number of imidazole rings is 1. The Hall–Kier alpha value is -4.29. The maximum Gasteiger partial charge on any atom is 0.407 e. The van der Waals surface area contributed by atoms with Gasteiger partial charge in [-0.2, -0.15) is 20.0 Å². The van der Waals surface area contributed by atoms with E-state index in [0.29, 0.717) is 59.5 Å². The largest absolute Gasteiger partial charge is 0.442 e. The van der Waals surface area contributed by atoms with Crippen LogP contribution in [0.2, 0.25) is 5.02 Å². The SMILES string of the molecule is CCNc1nc(Nc2cc(C#N)cc(N3CCC4NC(=O)OC4C3)c2Cl)nn2c(C#N)cnc12. The molecule has 0 aliphatic carbocycles. The number of nitrogens with one attached hydrogen (secondary N) is 3. The Balaban J connectivity index is 1.51. The molecule has 4 heterocycles. The highest BCUT2D eigenvalue weighted by atomic mass is 35.5. The Bertz CT molecular complexity index is 1370. The molecule has 1 amide bonds. The lowest BCUT2D eigenvalue weighted by Gasteiger charge is -2.35. The standard InChI is InChI=1S/C21H19ClN10O2/c1-2-25-18-19-26-9-12(8-24)32(19)30-20(29-18)27-14-5-11(7-23)6-15(17(14)22)31-4-3-13-16(10-31)34-21(33)28-13/h5-6,9,13,16H,2-4,10H2,1H3,(H,28,33)(H2,25,27,29,30). The van der Waals surface area contributed by atoms with E-state index in [0.717, 1.165) is 0 Å². The third-order valence-corrected chi connectivity index (χ3v) is 6.11. The van der Waals surface area contributed by atoms with Gasteiger partial charge in [0.1, 0.15) is 12.2 Å². The fourth-order valence-corrected chi connectivity index (χ4v) is 4.43. The minimum atomic E-state index is -0.420. The molecule has 172 valence electrons. The van der Waals surface area contributed by atoms with Crippen LogP contribution in [0.3, 0.4) is 0 Å². The third-order valence-electron chi connectivity index (χ3n) is 5.71. The number of hydrogen-bond acceptors (Lipinski definition) is 10. The van der Waals surface area contributed by atoms with Gasteiger partial charge in [-0.15, -0.1) is 5.10 Å². The fourth-order valence-electron chi connectivity index (χ4n) is 4.15. The van der Waals surface area contributed by atoms with E-state index >= 15 is 0 Å². The molecule has 34 heavy (non-hydrogen) atoms. The zero-order valence-electron chi connectivity index (χ0n) is 18.0. The maximum atomic E-state index is 11.6. The van der Waals surface area contributed by atoms with Gasteiger partial charge >= 0.3 is 6.09 Å². The lowest BCUT2D eigenvalue weighted by molar-refractivity contribution is 0.127. The van der Waals surface area contributed by atoms with Crippen LogP contribution in [0.15, 0.2) is 18.3 Å². The predicted molar refractivity (Wildman–Crippen MR) is 123 cm³/mol. The van der Waals surface area contributed by atoms with Gasteiger partial charge in [0, 0.05) is 13.1 Å². The van der Waals surface area contributed by atoms with E-state index < -0.39 is 6.09 Å². The van der Waals surface area contributed by atoms with Crippen molar-refractivity contribution in [2.24, 2.45) is 0 Å². The predicted octanol–water partition coefficient (Wildman–Crippen LogP) is 2.38. The topological polar surface area (TPSA) is 156 Å². The summed E-state index contributed by atoms with van der Waals surface area (Å²) in [6, 6.07) is 7.48. The van der Waals surface area contributed by atoms with Crippen molar-refractivity contribution in [3.05, 3.63) is 34.6 Å². The Morgan fingerprint density at radius 3 is 2.97 bits per heavy atom. The van der Waals surface area contributed by atoms with E-state index in [1.165, 1.54) is 10.7 Å². The molecule has 5 rings (SSSR count). The number of nitriles is 2. The van der Waals surface area contributed by atoms with E-state index in [1.54, 1.807) is 12.1 Å². The molecule has 1 aromatic carbocycles. The summed E-state index contributed by atoms with van der Waals surface area (Å²) in [4.78, 5) is 22.3. The summed E-state index contributed by atoms with van der Waals surface area (Å²) in [5.74, 6) is 0.625. The quantitative estimate of drug-likeness (QED) is 0.497. The summed E-state index contributed by atoms with van der Waals surface area (Å²) in [5, 5.41) is 32.8. The highest BCUT2D eigenvalue weighted by Crippen LogP contribution is 2.37. The Morgan fingerprint density at radius 2 is 2.21 bits per heavy atom. The first-order valence-corrected chi connectivity index (χ1v) is 11.0. The molecule has 0 spiro atoms. The number of fused-ring (bicyclic) bond motifs is 2. The van der Waals surface area contributed by atoms with Gasteiger partial charge in [-0.25, -0.2) is 9.78 Å². The highest BCUT2D eigenvalue weighted by molar-refractivity contribution is 6.36. The number of amides is 1. The van der Waals surface area contributed by atoms with E-state index in [2.05, 4.69) is 43.2 Å². The number of nitrogens with zero attached hydrogens (tertiary/aromatic N) is 7. The van der Waals surface area contributed by atoms with Gasteiger partial charge in [0.2, 0.25) is 5.95 Å². The molecule has 0 radical (unpaired) electrons. The molecule has 3 aromatic rings. The second-order valence-electron chi connectivity index (χ2n) is 7.83. The monoisotopic (exact) mass is 478 g/mol. The number of piperidine rings is 1. The number of carbonyl (C=O) groups excluding carboxylic acids is 1. The van der Waals surface area contributed by atoms with Crippen molar-refractivity contribution in [2.75, 3.05) is 35.2 Å². The summed E-state index contributed by atoms with van der Waals surface area (Å²) in [5.41, 5.74) is 2.13. The summed E-state index contributed by atoms with van der Waals surface area (Å²) in [7, 11) is 0. The first kappa shape index (κ1) is 21.6. The average Bonchev–Trinajstić information content (AvgIpc) is 3.42. The van der Waals surface area contributed by atoms with E-state index in [-0.39, 0.29) is 23.8 Å². The Labute approximate surface area is 199 Å². The van der Waals surface area contributed by atoms with Crippen molar-refractivity contribution < 1.29 is 9.53 Å². The van der Waals surface area contributed by atoms with Gasteiger partial charge in [-0.05, 0) is 25.5 Å². The number of rotatable bonds is 5. The van der Waals surface area contributed by atoms with Crippen molar-refractivity contribution in [2.45, 2.75) is 25.5 Å². The van der Waals surface area contributed by atoms with Gasteiger partial charge in [-0.1, -0.05) is 11.6 Å². The van der Waals surface area contributed by atoms with Gasteiger partial charge in [0.05, 0.1) is 46.8 Å². The molecule has 2 saturated heterocycles. The highest BCUT2D eigenvalue weighted by Gasteiger charge is 2.39. The number of benzene rings is 1. The normalized spacial score (nSPS) is 19.1. The van der Waals surface area contributed by atoms with Crippen LogP contribution in [0.25, 0.3) is 5.65 Å². The van der Waals surface area contributed by atoms with E-state index in [1.807, 2.05) is 11.8 Å². The lowest BCUT2D eigenvalue weighted by Crippen LogP contribution is -2.48. The number of anilines is 4. The Kier molecular flexibility index (Phi) is 5.43. The minimum Gasteiger partial charge on any atom is -0.442 e. The summed E-state index contributed by atoms with van der Waals surface area (Å²) >= 11 is 6.77. The van der Waals surface area contributed by atoms with Gasteiger partial charge in [0.15, 0.2) is 17.2 Å². The van der Waals surface area contributed by atoms with Crippen LogP contribution < -0.4 is 20.9 Å². The molecule has 2 aliphatic heterocycles. The van der Waals surface area contributed by atoms with E-state index in [9.17, 15) is 15.3 Å². The molecular formula is C21H19ClN10O2. The zero-order chi connectivity index (χ0) is 23.8. The molecule has 2 atom stereocenters. The van der Waals surface area contributed by atoms with Crippen molar-refractivity contribution in [1.29, 1.82) is 10.5 Å². The summed E-state index contributed by atoms with van der Waals surface area (Å²) in [6.07, 6.45) is 1.40. The van der Waals surface area contributed by atoms with Crippen molar-refractivity contribution in [3.63, 3.8) is 0 Å². The van der Waals surface area contributed by atoms with Crippen LogP contribution in [-0.2, 0) is 4.74 Å². The molecule has 3 N–H and O–H groups in total. The van der Waals surface area contributed by atoms with Crippen LogP contribution in [0.4, 0.5) is 27.9 Å². The zero-order valence-corrected chi connectivity index (χ0v) is 18.8. The summed E-state index contributed by atoms with van der Waals surface area (Å²) in [6.45, 7) is 3.59.